The highest BCUT2D eigenvalue weighted by Crippen LogP contribution is 2.22. The lowest BCUT2D eigenvalue weighted by atomic mass is 10.1. The van der Waals surface area contributed by atoms with E-state index in [1.807, 2.05) is 25.2 Å². The Morgan fingerprint density at radius 3 is 2.21 bits per heavy atom. The third-order valence-corrected chi connectivity index (χ3v) is 3.27. The zero-order valence-corrected chi connectivity index (χ0v) is 11.6. The highest BCUT2D eigenvalue weighted by molar-refractivity contribution is 5.63. The Bertz CT molecular complexity index is 478. The fraction of sp³-hybridized carbons (Fsp3) is 0.294. The second kappa shape index (κ2) is 6.95. The summed E-state index contributed by atoms with van der Waals surface area (Å²) in [5, 5.41) is 3.20. The Kier molecular flexibility index (Phi) is 4.99. The van der Waals surface area contributed by atoms with Crippen molar-refractivity contribution in [1.82, 2.24) is 5.32 Å². The minimum Gasteiger partial charge on any atom is -0.494 e. The molecule has 0 aromatic heterocycles. The largest absolute Gasteiger partial charge is 0.494 e. The number of hydrogen-bond donors (Lipinski definition) is 1. The molecule has 2 nitrogen and oxygen atoms in total. The second-order valence-corrected chi connectivity index (χ2v) is 4.72. The molecule has 2 rings (SSSR count). The first-order valence-electron chi connectivity index (χ1n) is 6.75. The summed E-state index contributed by atoms with van der Waals surface area (Å²) in [4.78, 5) is 0. The Morgan fingerprint density at radius 1 is 0.947 bits per heavy atom. The van der Waals surface area contributed by atoms with Crippen LogP contribution in [0.4, 0.5) is 0 Å². The molecular weight excluding hydrogens is 234 g/mol. The Hall–Kier alpha value is -1.80. The van der Waals surface area contributed by atoms with E-state index in [1.165, 1.54) is 11.1 Å². The van der Waals surface area contributed by atoms with Crippen LogP contribution < -0.4 is 10.1 Å². The maximum Gasteiger partial charge on any atom is 0.119 e. The van der Waals surface area contributed by atoms with Crippen LogP contribution >= 0.6 is 0 Å². The third kappa shape index (κ3) is 4.11. The molecule has 19 heavy (non-hydrogen) atoms. The minimum atomic E-state index is 0.489. The number of hydrogen-bond acceptors (Lipinski definition) is 2. The first kappa shape index (κ1) is 13.6. The molecule has 0 aliphatic carbocycles. The van der Waals surface area contributed by atoms with Gasteiger partial charge in [0.2, 0.25) is 0 Å². The molecule has 2 aromatic rings. The maximum absolute atomic E-state index is 5.73. The molecular formula is C17H21NO. The van der Waals surface area contributed by atoms with Gasteiger partial charge < -0.3 is 10.1 Å². The van der Waals surface area contributed by atoms with E-state index >= 15 is 0 Å². The SMILES string of the molecule is CNC(C)CCOc1ccc(-c2ccccc2)cc1. The van der Waals surface area contributed by atoms with Crippen LogP contribution in [0.1, 0.15) is 13.3 Å². The molecule has 0 fully saturated rings. The van der Waals surface area contributed by atoms with Crippen molar-refractivity contribution in [3.8, 4) is 16.9 Å². The van der Waals surface area contributed by atoms with Gasteiger partial charge in [-0.25, -0.2) is 0 Å². The molecule has 0 saturated heterocycles. The summed E-state index contributed by atoms with van der Waals surface area (Å²) < 4.78 is 5.73. The van der Waals surface area contributed by atoms with Crippen molar-refractivity contribution < 1.29 is 4.74 Å². The highest BCUT2D eigenvalue weighted by atomic mass is 16.5. The lowest BCUT2D eigenvalue weighted by molar-refractivity contribution is 0.293. The molecule has 1 atom stereocenters. The monoisotopic (exact) mass is 255 g/mol. The first-order chi connectivity index (χ1) is 9.29. The van der Waals surface area contributed by atoms with Gasteiger partial charge in [0.05, 0.1) is 6.61 Å². The van der Waals surface area contributed by atoms with Crippen LogP contribution in [0.25, 0.3) is 11.1 Å². The van der Waals surface area contributed by atoms with Crippen LogP contribution in [-0.2, 0) is 0 Å². The Morgan fingerprint density at radius 2 is 1.58 bits per heavy atom. The predicted octanol–water partition coefficient (Wildman–Crippen LogP) is 3.73. The van der Waals surface area contributed by atoms with E-state index < -0.39 is 0 Å². The van der Waals surface area contributed by atoms with Gasteiger partial charge in [0, 0.05) is 6.04 Å². The van der Waals surface area contributed by atoms with Crippen molar-refractivity contribution in [2.75, 3.05) is 13.7 Å². The molecule has 1 N–H and O–H groups in total. The lowest BCUT2D eigenvalue weighted by Gasteiger charge is -2.11. The van der Waals surface area contributed by atoms with Gasteiger partial charge in [-0.05, 0) is 43.7 Å². The zero-order valence-electron chi connectivity index (χ0n) is 11.6. The minimum absolute atomic E-state index is 0.489. The molecule has 0 saturated carbocycles. The number of rotatable bonds is 6. The second-order valence-electron chi connectivity index (χ2n) is 4.72. The zero-order chi connectivity index (χ0) is 13.5. The lowest BCUT2D eigenvalue weighted by Crippen LogP contribution is -2.23. The van der Waals surface area contributed by atoms with E-state index in [-0.39, 0.29) is 0 Å². The average molecular weight is 255 g/mol. The third-order valence-electron chi connectivity index (χ3n) is 3.27. The van der Waals surface area contributed by atoms with Crippen molar-refractivity contribution in [2.45, 2.75) is 19.4 Å². The van der Waals surface area contributed by atoms with Crippen LogP contribution in [-0.4, -0.2) is 19.7 Å². The summed E-state index contributed by atoms with van der Waals surface area (Å²) >= 11 is 0. The van der Waals surface area contributed by atoms with Crippen LogP contribution in [0, 0.1) is 0 Å². The van der Waals surface area contributed by atoms with Gasteiger partial charge in [-0.2, -0.15) is 0 Å². The van der Waals surface area contributed by atoms with Crippen molar-refractivity contribution >= 4 is 0 Å². The molecule has 1 unspecified atom stereocenters. The summed E-state index contributed by atoms with van der Waals surface area (Å²) in [7, 11) is 1.97. The van der Waals surface area contributed by atoms with E-state index in [9.17, 15) is 0 Å². The van der Waals surface area contributed by atoms with Crippen LogP contribution in [0.15, 0.2) is 54.6 Å². The predicted molar refractivity (Wildman–Crippen MR) is 80.5 cm³/mol. The van der Waals surface area contributed by atoms with E-state index in [0.717, 1.165) is 18.8 Å². The van der Waals surface area contributed by atoms with Crippen LogP contribution in [0.2, 0.25) is 0 Å². The molecule has 0 spiro atoms. The smallest absolute Gasteiger partial charge is 0.119 e. The molecule has 0 radical (unpaired) electrons. The van der Waals surface area contributed by atoms with Gasteiger partial charge in [-0.3, -0.25) is 0 Å². The van der Waals surface area contributed by atoms with E-state index in [1.54, 1.807) is 0 Å². The normalized spacial score (nSPS) is 12.1. The molecule has 0 aliphatic rings. The van der Waals surface area contributed by atoms with Crippen molar-refractivity contribution in [3.05, 3.63) is 54.6 Å². The molecule has 0 heterocycles. The first-order valence-corrected chi connectivity index (χ1v) is 6.75. The molecule has 2 aromatic carbocycles. The Labute approximate surface area is 115 Å². The molecule has 0 amide bonds. The van der Waals surface area contributed by atoms with E-state index in [0.29, 0.717) is 6.04 Å². The molecule has 0 aliphatic heterocycles. The topological polar surface area (TPSA) is 21.3 Å². The Balaban J connectivity index is 1.92. The van der Waals surface area contributed by atoms with Gasteiger partial charge >= 0.3 is 0 Å². The summed E-state index contributed by atoms with van der Waals surface area (Å²) in [5.41, 5.74) is 2.45. The maximum atomic E-state index is 5.73. The van der Waals surface area contributed by atoms with Crippen molar-refractivity contribution in [3.63, 3.8) is 0 Å². The van der Waals surface area contributed by atoms with Crippen molar-refractivity contribution in [2.24, 2.45) is 0 Å². The summed E-state index contributed by atoms with van der Waals surface area (Å²) in [6.07, 6.45) is 1.01. The van der Waals surface area contributed by atoms with Crippen LogP contribution in [0.5, 0.6) is 5.75 Å². The van der Waals surface area contributed by atoms with Crippen molar-refractivity contribution in [1.29, 1.82) is 0 Å². The van der Waals surface area contributed by atoms with Gasteiger partial charge in [-0.15, -0.1) is 0 Å². The molecule has 0 bridgehead atoms. The highest BCUT2D eigenvalue weighted by Gasteiger charge is 2.00. The molecule has 100 valence electrons. The number of benzene rings is 2. The summed E-state index contributed by atoms with van der Waals surface area (Å²) in [6, 6.07) is 19.1. The number of ether oxygens (including phenoxy) is 1. The van der Waals surface area contributed by atoms with Crippen LogP contribution in [0.3, 0.4) is 0 Å². The average Bonchev–Trinajstić information content (AvgIpc) is 2.48. The fourth-order valence-electron chi connectivity index (χ4n) is 1.87. The molecule has 2 heteroatoms. The van der Waals surface area contributed by atoms with Gasteiger partial charge in [0.15, 0.2) is 0 Å². The standard InChI is InChI=1S/C17H21NO/c1-14(18-2)12-13-19-17-10-8-16(9-11-17)15-6-4-3-5-7-15/h3-11,14,18H,12-13H2,1-2H3. The van der Waals surface area contributed by atoms with Gasteiger partial charge in [-0.1, -0.05) is 42.5 Å². The van der Waals surface area contributed by atoms with E-state index in [2.05, 4.69) is 48.6 Å². The quantitative estimate of drug-likeness (QED) is 0.849. The summed E-state index contributed by atoms with van der Waals surface area (Å²) in [5.74, 6) is 0.933. The number of nitrogens with one attached hydrogen (secondary N) is 1. The van der Waals surface area contributed by atoms with E-state index in [4.69, 9.17) is 4.74 Å². The summed E-state index contributed by atoms with van der Waals surface area (Å²) in [6.45, 7) is 2.90. The fourth-order valence-corrected chi connectivity index (χ4v) is 1.87. The van der Waals surface area contributed by atoms with Gasteiger partial charge in [0.25, 0.3) is 0 Å². The van der Waals surface area contributed by atoms with Gasteiger partial charge in [0.1, 0.15) is 5.75 Å².